The molecule has 4 heteroatoms. The fourth-order valence-electron chi connectivity index (χ4n) is 5.29. The molecule has 0 atom stereocenters. The van der Waals surface area contributed by atoms with Crippen LogP contribution in [0.1, 0.15) is 36.3 Å². The van der Waals surface area contributed by atoms with E-state index < -0.39 is 0 Å². The van der Waals surface area contributed by atoms with E-state index in [1.807, 2.05) is 12.1 Å². The van der Waals surface area contributed by atoms with Crippen molar-refractivity contribution >= 4 is 51.6 Å². The quantitative estimate of drug-likeness (QED) is 0.189. The van der Waals surface area contributed by atoms with Crippen LogP contribution in [0, 0.1) is 0 Å². The van der Waals surface area contributed by atoms with Gasteiger partial charge in [-0.3, -0.25) is 0 Å². The molecule has 3 nitrogen and oxygen atoms in total. The first-order valence-electron chi connectivity index (χ1n) is 11.1. The SMILES string of the molecule is O=C1C(=CC2=CC=C(N3Cc4[te]c5c(ccc6ccccc65)c4C3)C2)C(=O)c2ccccc21. The molecule has 33 heavy (non-hydrogen) atoms. The van der Waals surface area contributed by atoms with Crippen LogP contribution in [0.15, 0.2) is 95.7 Å². The van der Waals surface area contributed by atoms with Gasteiger partial charge in [0.25, 0.3) is 0 Å². The van der Waals surface area contributed by atoms with Gasteiger partial charge in [-0.1, -0.05) is 0 Å². The molecule has 0 N–H and O–H groups in total. The standard InChI is InChI=1S/C29H19NO2Te/c31-27-21-7-3-4-8-22(21)28(32)24(27)14-17-9-11-19(13-17)30-15-25-23-12-10-18-5-1-2-6-20(18)29(23)33-26(25)16-30/h1-12,14H,13,15-16H2. The third kappa shape index (κ3) is 2.88. The van der Waals surface area contributed by atoms with Crippen molar-refractivity contribution in [1.29, 1.82) is 0 Å². The molecule has 0 radical (unpaired) electrons. The zero-order valence-corrected chi connectivity index (χ0v) is 20.1. The number of nitrogens with zero attached hydrogens (tertiary/aromatic N) is 1. The van der Waals surface area contributed by atoms with Crippen LogP contribution in [0.5, 0.6) is 0 Å². The van der Waals surface area contributed by atoms with Crippen LogP contribution in [-0.4, -0.2) is 36.9 Å². The number of hydrogen-bond donors (Lipinski definition) is 0. The molecule has 1 aliphatic heterocycles. The molecular formula is C29H19NO2Te. The van der Waals surface area contributed by atoms with Gasteiger partial charge in [-0.25, -0.2) is 0 Å². The number of hydrogen-bond acceptors (Lipinski definition) is 3. The van der Waals surface area contributed by atoms with Crippen molar-refractivity contribution in [1.82, 2.24) is 4.90 Å². The van der Waals surface area contributed by atoms with Gasteiger partial charge in [0.2, 0.25) is 0 Å². The van der Waals surface area contributed by atoms with Crippen molar-refractivity contribution < 1.29 is 9.59 Å². The molecule has 4 aromatic rings. The topological polar surface area (TPSA) is 37.4 Å². The second-order valence-electron chi connectivity index (χ2n) is 8.86. The van der Waals surface area contributed by atoms with Crippen LogP contribution in [0.25, 0.3) is 19.6 Å². The van der Waals surface area contributed by atoms with Gasteiger partial charge in [-0.2, -0.15) is 0 Å². The van der Waals surface area contributed by atoms with Crippen molar-refractivity contribution in [2.24, 2.45) is 0 Å². The summed E-state index contributed by atoms with van der Waals surface area (Å²) in [6, 6.07) is 20.4. The second-order valence-corrected chi connectivity index (χ2v) is 12.0. The molecule has 2 heterocycles. The molecule has 0 amide bonds. The molecule has 0 bridgehead atoms. The summed E-state index contributed by atoms with van der Waals surface area (Å²) in [4.78, 5) is 27.9. The van der Waals surface area contributed by atoms with Crippen molar-refractivity contribution in [3.05, 3.63) is 116 Å². The van der Waals surface area contributed by atoms with Gasteiger partial charge in [0.05, 0.1) is 0 Å². The Morgan fingerprint density at radius 2 is 1.55 bits per heavy atom. The molecule has 0 spiro atoms. The third-order valence-electron chi connectivity index (χ3n) is 6.97. The predicted octanol–water partition coefficient (Wildman–Crippen LogP) is 5.59. The zero-order valence-electron chi connectivity index (χ0n) is 17.8. The van der Waals surface area contributed by atoms with Gasteiger partial charge >= 0.3 is 202 Å². The fraction of sp³-hybridized carbons (Fsp3) is 0.103. The Balaban J connectivity index is 1.12. The van der Waals surface area contributed by atoms with Crippen LogP contribution < -0.4 is 0 Å². The van der Waals surface area contributed by atoms with Crippen LogP contribution in [0.4, 0.5) is 0 Å². The van der Waals surface area contributed by atoms with Gasteiger partial charge in [0.1, 0.15) is 0 Å². The average molecular weight is 541 g/mol. The van der Waals surface area contributed by atoms with Crippen molar-refractivity contribution in [2.45, 2.75) is 19.5 Å². The molecule has 2 aliphatic carbocycles. The van der Waals surface area contributed by atoms with Crippen LogP contribution in [0.2, 0.25) is 0 Å². The number of rotatable bonds is 2. The van der Waals surface area contributed by atoms with Crippen LogP contribution in [-0.2, 0) is 13.1 Å². The fourth-order valence-corrected chi connectivity index (χ4v) is 9.17. The molecule has 1 aromatic heterocycles. The van der Waals surface area contributed by atoms with E-state index in [0.717, 1.165) is 25.1 Å². The maximum atomic E-state index is 12.7. The summed E-state index contributed by atoms with van der Waals surface area (Å²) in [5.74, 6) is -0.303. The van der Waals surface area contributed by atoms with Crippen molar-refractivity contribution in [3.8, 4) is 0 Å². The van der Waals surface area contributed by atoms with E-state index in [9.17, 15) is 9.59 Å². The Morgan fingerprint density at radius 1 is 0.788 bits per heavy atom. The van der Waals surface area contributed by atoms with Gasteiger partial charge in [0.15, 0.2) is 0 Å². The van der Waals surface area contributed by atoms with Gasteiger partial charge in [-0.05, 0) is 0 Å². The van der Waals surface area contributed by atoms with E-state index in [1.165, 1.54) is 27.4 Å². The van der Waals surface area contributed by atoms with Gasteiger partial charge in [-0.15, -0.1) is 0 Å². The van der Waals surface area contributed by atoms with Gasteiger partial charge in [0, 0.05) is 0 Å². The Labute approximate surface area is 200 Å². The van der Waals surface area contributed by atoms with Crippen molar-refractivity contribution in [3.63, 3.8) is 0 Å². The molecule has 7 rings (SSSR count). The Morgan fingerprint density at radius 3 is 2.36 bits per heavy atom. The van der Waals surface area contributed by atoms with Gasteiger partial charge < -0.3 is 0 Å². The van der Waals surface area contributed by atoms with E-state index in [-0.39, 0.29) is 32.0 Å². The molecule has 0 saturated carbocycles. The summed E-state index contributed by atoms with van der Waals surface area (Å²) in [7, 11) is 0. The predicted molar refractivity (Wildman–Crippen MR) is 132 cm³/mol. The van der Waals surface area contributed by atoms with E-state index in [1.54, 1.807) is 25.2 Å². The van der Waals surface area contributed by atoms with E-state index >= 15 is 0 Å². The summed E-state index contributed by atoms with van der Waals surface area (Å²) in [5.41, 5.74) is 5.19. The third-order valence-corrected chi connectivity index (χ3v) is 10.6. The number of carbonyl (C=O) groups excluding carboxylic acids is 2. The summed E-state index contributed by atoms with van der Waals surface area (Å²) >= 11 is -0.348. The first-order chi connectivity index (χ1) is 16.2. The Bertz CT molecular complexity index is 1600. The van der Waals surface area contributed by atoms with Crippen molar-refractivity contribution in [2.75, 3.05) is 0 Å². The maximum absolute atomic E-state index is 12.7. The van der Waals surface area contributed by atoms with E-state index in [0.29, 0.717) is 16.7 Å². The minimum atomic E-state index is -0.348. The molecule has 0 unspecified atom stereocenters. The number of benzene rings is 3. The molecule has 158 valence electrons. The van der Waals surface area contributed by atoms with Crippen LogP contribution >= 0.6 is 0 Å². The van der Waals surface area contributed by atoms with E-state index in [2.05, 4.69) is 53.5 Å². The summed E-state index contributed by atoms with van der Waals surface area (Å²) < 4.78 is 3.25. The number of allylic oxidation sites excluding steroid dienone is 5. The monoisotopic (exact) mass is 543 g/mol. The normalized spacial score (nSPS) is 17.1. The first kappa shape index (κ1) is 19.3. The second kappa shape index (κ2) is 7.15. The molecular weight excluding hydrogens is 522 g/mol. The van der Waals surface area contributed by atoms with Crippen LogP contribution in [0.3, 0.4) is 0 Å². The minimum absolute atomic E-state index is 0.152. The number of carbonyl (C=O) groups is 2. The Hall–Kier alpha value is -3.19. The molecule has 3 aromatic carbocycles. The molecule has 3 aliphatic rings. The first-order valence-corrected chi connectivity index (χ1v) is 13.5. The van der Waals surface area contributed by atoms with E-state index in [4.69, 9.17) is 0 Å². The number of Topliss-reactive ketones (excluding diaryl/α,β-unsaturated/α-hetero) is 2. The molecule has 0 saturated heterocycles. The summed E-state index contributed by atoms with van der Waals surface area (Å²) in [5, 5.41) is 4.24. The zero-order chi connectivity index (χ0) is 22.1. The molecule has 0 fully saturated rings. The summed E-state index contributed by atoms with van der Waals surface area (Å²) in [6.07, 6.45) is 6.80. The number of fused-ring (bicyclic) bond motifs is 6. The average Bonchev–Trinajstić information content (AvgIpc) is 3.59. The summed E-state index contributed by atoms with van der Waals surface area (Å²) in [6.45, 7) is 1.96. The Kier molecular flexibility index (Phi) is 4.18. The number of ketones is 2.